The van der Waals surface area contributed by atoms with Crippen molar-refractivity contribution in [2.45, 2.75) is 26.3 Å². The molecule has 0 fully saturated rings. The Kier molecular flexibility index (Phi) is 5.30. The Labute approximate surface area is 87.6 Å². The second kappa shape index (κ2) is 5.32. The molecule has 5 nitrogen and oxygen atoms in total. The smallest absolute Gasteiger partial charge is 0.291 e. The van der Waals surface area contributed by atoms with Crippen LogP contribution in [0.2, 0.25) is 0 Å². The fourth-order valence-electron chi connectivity index (χ4n) is 0.954. The molecule has 0 saturated heterocycles. The molecule has 0 spiro atoms. The molecule has 0 saturated carbocycles. The fraction of sp³-hybridized carbons (Fsp3) is 1.00. The molecule has 94 valence electrons. The Bertz CT molecular complexity index is 195. The SMILES string of the molecule is CC(C)N(CCOC(F)(F)F)S(N)(O)O. The van der Waals surface area contributed by atoms with Crippen LogP contribution in [0.3, 0.4) is 0 Å². The van der Waals surface area contributed by atoms with Crippen molar-refractivity contribution in [1.82, 2.24) is 4.31 Å². The summed E-state index contributed by atoms with van der Waals surface area (Å²) in [6.07, 6.45) is -4.72. The molecule has 0 aromatic carbocycles. The molecule has 0 rings (SSSR count). The Morgan fingerprint density at radius 2 is 1.87 bits per heavy atom. The van der Waals surface area contributed by atoms with Crippen molar-refractivity contribution in [2.75, 3.05) is 13.2 Å². The first-order valence-electron chi connectivity index (χ1n) is 4.07. The number of nitrogens with two attached hydrogens (primary N) is 1. The van der Waals surface area contributed by atoms with E-state index in [9.17, 15) is 13.2 Å². The third-order valence-corrected chi connectivity index (χ3v) is 2.79. The summed E-state index contributed by atoms with van der Waals surface area (Å²) in [7, 11) is -3.50. The molecule has 0 aliphatic carbocycles. The molecule has 0 heterocycles. The van der Waals surface area contributed by atoms with Gasteiger partial charge >= 0.3 is 6.36 Å². The van der Waals surface area contributed by atoms with Gasteiger partial charge in [-0.1, -0.05) is 11.0 Å². The van der Waals surface area contributed by atoms with E-state index in [4.69, 9.17) is 14.2 Å². The zero-order valence-electron chi connectivity index (χ0n) is 8.36. The van der Waals surface area contributed by atoms with Crippen LogP contribution in [-0.4, -0.2) is 39.0 Å². The van der Waals surface area contributed by atoms with Gasteiger partial charge in [0.2, 0.25) is 0 Å². The molecular weight excluding hydrogens is 237 g/mol. The van der Waals surface area contributed by atoms with Crippen molar-refractivity contribution in [3.8, 4) is 0 Å². The molecule has 0 atom stereocenters. The second-order valence-electron chi connectivity index (χ2n) is 3.09. The van der Waals surface area contributed by atoms with Gasteiger partial charge in [-0.3, -0.25) is 13.8 Å². The predicted octanol–water partition coefficient (Wildman–Crippen LogP) is 1.77. The minimum atomic E-state index is -4.72. The Morgan fingerprint density at radius 1 is 1.40 bits per heavy atom. The van der Waals surface area contributed by atoms with Crippen molar-refractivity contribution >= 4 is 11.0 Å². The maximum absolute atomic E-state index is 11.6. The van der Waals surface area contributed by atoms with Crippen LogP contribution in [0, 0.1) is 0 Å². The van der Waals surface area contributed by atoms with Crippen LogP contribution in [0.15, 0.2) is 0 Å². The molecule has 0 aliphatic rings. The maximum Gasteiger partial charge on any atom is 0.522 e. The fourth-order valence-corrected chi connectivity index (χ4v) is 1.92. The molecule has 15 heavy (non-hydrogen) atoms. The third kappa shape index (κ3) is 6.93. The lowest BCUT2D eigenvalue weighted by molar-refractivity contribution is -0.324. The van der Waals surface area contributed by atoms with E-state index in [1.165, 1.54) is 0 Å². The molecule has 0 radical (unpaired) electrons. The number of ether oxygens (including phenoxy) is 1. The van der Waals surface area contributed by atoms with Crippen LogP contribution in [0.25, 0.3) is 0 Å². The average Bonchev–Trinajstić information content (AvgIpc) is 1.92. The molecule has 0 unspecified atom stereocenters. The van der Waals surface area contributed by atoms with E-state index >= 15 is 0 Å². The van der Waals surface area contributed by atoms with E-state index in [1.807, 2.05) is 0 Å². The molecule has 0 bridgehead atoms. The first kappa shape index (κ1) is 14.9. The highest BCUT2D eigenvalue weighted by atomic mass is 32.3. The van der Waals surface area contributed by atoms with Crippen LogP contribution in [-0.2, 0) is 4.74 Å². The summed E-state index contributed by atoms with van der Waals surface area (Å²) in [5.41, 5.74) is 0. The van der Waals surface area contributed by atoms with Gasteiger partial charge in [0.15, 0.2) is 0 Å². The highest BCUT2D eigenvalue weighted by Gasteiger charge is 2.30. The topological polar surface area (TPSA) is 79.0 Å². The molecule has 4 N–H and O–H groups in total. The minimum absolute atomic E-state index is 0.310. The van der Waals surface area contributed by atoms with Gasteiger partial charge in [0.25, 0.3) is 0 Å². The molecular formula is C6H15F3N2O3S. The van der Waals surface area contributed by atoms with Crippen LogP contribution < -0.4 is 5.14 Å². The number of hydrogen-bond acceptors (Lipinski definition) is 5. The number of hydrogen-bond donors (Lipinski definition) is 3. The zero-order chi connectivity index (χ0) is 12.3. The lowest BCUT2D eigenvalue weighted by Gasteiger charge is -2.41. The number of halogens is 3. The summed E-state index contributed by atoms with van der Waals surface area (Å²) in [6.45, 7) is 2.15. The molecule has 9 heteroatoms. The van der Waals surface area contributed by atoms with Gasteiger partial charge in [0.05, 0.1) is 6.61 Å². The number of alkyl halides is 3. The van der Waals surface area contributed by atoms with E-state index in [0.717, 1.165) is 4.31 Å². The van der Waals surface area contributed by atoms with E-state index < -0.39 is 30.0 Å². The van der Waals surface area contributed by atoms with Crippen LogP contribution in [0.1, 0.15) is 13.8 Å². The summed E-state index contributed by atoms with van der Waals surface area (Å²) >= 11 is 0. The number of rotatable bonds is 5. The normalized spacial score (nSPS) is 15.1. The van der Waals surface area contributed by atoms with Crippen LogP contribution in [0.5, 0.6) is 0 Å². The Balaban J connectivity index is 4.11. The van der Waals surface area contributed by atoms with E-state index in [1.54, 1.807) is 13.8 Å². The first-order chi connectivity index (χ1) is 6.54. The van der Waals surface area contributed by atoms with E-state index in [-0.39, 0.29) is 6.54 Å². The summed E-state index contributed by atoms with van der Waals surface area (Å²) < 4.78 is 57.4. The van der Waals surface area contributed by atoms with Gasteiger partial charge in [-0.15, -0.1) is 13.2 Å². The predicted molar refractivity (Wildman–Crippen MR) is 50.9 cm³/mol. The van der Waals surface area contributed by atoms with Crippen molar-refractivity contribution in [2.24, 2.45) is 5.14 Å². The zero-order valence-corrected chi connectivity index (χ0v) is 9.18. The summed E-state index contributed by atoms with van der Waals surface area (Å²) in [5.74, 6) is 0. The summed E-state index contributed by atoms with van der Waals surface area (Å²) in [5, 5.41) is 5.01. The Morgan fingerprint density at radius 3 is 2.13 bits per heavy atom. The third-order valence-electron chi connectivity index (χ3n) is 1.50. The highest BCUT2D eigenvalue weighted by molar-refractivity contribution is 8.20. The molecule has 0 aromatic heterocycles. The van der Waals surface area contributed by atoms with Gasteiger partial charge in [0, 0.05) is 12.6 Å². The molecule has 0 amide bonds. The maximum atomic E-state index is 11.6. The van der Waals surface area contributed by atoms with Gasteiger partial charge < -0.3 is 0 Å². The van der Waals surface area contributed by atoms with Crippen LogP contribution >= 0.6 is 11.0 Å². The molecule has 0 aromatic rings. The van der Waals surface area contributed by atoms with Crippen molar-refractivity contribution in [3.63, 3.8) is 0 Å². The van der Waals surface area contributed by atoms with Gasteiger partial charge in [0.1, 0.15) is 0 Å². The van der Waals surface area contributed by atoms with E-state index in [0.29, 0.717) is 0 Å². The van der Waals surface area contributed by atoms with Crippen molar-refractivity contribution in [1.29, 1.82) is 0 Å². The standard InChI is InChI=1S/C6H15F3N2O3S/c1-5(2)11(15(10,12)13)3-4-14-6(7,8)9/h5,12-13H,3-4,10H2,1-2H3. The van der Waals surface area contributed by atoms with E-state index in [2.05, 4.69) is 4.74 Å². The minimum Gasteiger partial charge on any atom is -0.291 e. The Hall–Kier alpha value is -0.0600. The van der Waals surface area contributed by atoms with Gasteiger partial charge in [-0.05, 0) is 13.8 Å². The van der Waals surface area contributed by atoms with Crippen molar-refractivity contribution in [3.05, 3.63) is 0 Å². The van der Waals surface area contributed by atoms with Gasteiger partial charge in [-0.25, -0.2) is 5.14 Å². The number of nitrogens with zero attached hydrogens (tertiary/aromatic N) is 1. The summed E-state index contributed by atoms with van der Waals surface area (Å²) in [4.78, 5) is 0. The summed E-state index contributed by atoms with van der Waals surface area (Å²) in [6, 6.07) is -0.392. The average molecular weight is 252 g/mol. The highest BCUT2D eigenvalue weighted by Crippen LogP contribution is 2.35. The molecule has 0 aliphatic heterocycles. The van der Waals surface area contributed by atoms with Gasteiger partial charge in [-0.2, -0.15) is 4.31 Å². The van der Waals surface area contributed by atoms with Crippen LogP contribution in [0.4, 0.5) is 13.2 Å². The lowest BCUT2D eigenvalue weighted by atomic mass is 10.4. The monoisotopic (exact) mass is 252 g/mol. The largest absolute Gasteiger partial charge is 0.522 e. The second-order valence-corrected chi connectivity index (χ2v) is 4.68. The van der Waals surface area contributed by atoms with Crippen molar-refractivity contribution < 1.29 is 27.0 Å². The first-order valence-corrected chi connectivity index (χ1v) is 5.64. The quantitative estimate of drug-likeness (QED) is 0.695. The lowest BCUT2D eigenvalue weighted by Crippen LogP contribution is -2.40.